The van der Waals surface area contributed by atoms with E-state index in [4.69, 9.17) is 0 Å². The molecule has 0 aliphatic rings. The summed E-state index contributed by atoms with van der Waals surface area (Å²) in [5.74, 6) is -4.50. The Morgan fingerprint density at radius 3 is 2.75 bits per heavy atom. The molecule has 3 nitrogen and oxygen atoms in total. The Morgan fingerprint density at radius 1 is 1.44 bits per heavy atom. The van der Waals surface area contributed by atoms with E-state index < -0.39 is 29.7 Å². The lowest BCUT2D eigenvalue weighted by Gasteiger charge is -2.10. The zero-order chi connectivity index (χ0) is 12.1. The minimum atomic E-state index is -2.48. The first-order valence-corrected chi connectivity index (χ1v) is 4.47. The molecule has 1 aromatic carbocycles. The van der Waals surface area contributed by atoms with Crippen molar-refractivity contribution in [2.45, 2.75) is 13.3 Å². The standard InChI is InChI=1S/C10H9F3O3/c1-2-15-10(14)9(13)16-7-5-3-4-6(11)8(7)12/h3-5,9H,2H2,1H3. The van der Waals surface area contributed by atoms with Gasteiger partial charge >= 0.3 is 12.3 Å². The molecule has 0 aliphatic carbocycles. The van der Waals surface area contributed by atoms with E-state index in [0.717, 1.165) is 18.2 Å². The first kappa shape index (κ1) is 12.4. The summed E-state index contributed by atoms with van der Waals surface area (Å²) in [5.41, 5.74) is 0. The van der Waals surface area contributed by atoms with Gasteiger partial charge in [-0.15, -0.1) is 0 Å². The molecular formula is C10H9F3O3. The molecule has 0 saturated carbocycles. The Bertz CT molecular complexity index is 382. The van der Waals surface area contributed by atoms with Crippen molar-refractivity contribution in [3.8, 4) is 5.75 Å². The molecule has 0 radical (unpaired) electrons. The monoisotopic (exact) mass is 234 g/mol. The molecular weight excluding hydrogens is 225 g/mol. The fourth-order valence-electron chi connectivity index (χ4n) is 0.942. The number of hydrogen-bond donors (Lipinski definition) is 0. The highest BCUT2D eigenvalue weighted by molar-refractivity contribution is 5.73. The van der Waals surface area contributed by atoms with E-state index in [-0.39, 0.29) is 6.61 Å². The minimum Gasteiger partial charge on any atom is -0.461 e. The van der Waals surface area contributed by atoms with Crippen LogP contribution in [0.1, 0.15) is 6.92 Å². The largest absolute Gasteiger partial charge is 0.461 e. The van der Waals surface area contributed by atoms with Crippen LogP contribution in [-0.2, 0) is 9.53 Å². The number of esters is 1. The molecule has 1 unspecified atom stereocenters. The van der Waals surface area contributed by atoms with Crippen molar-refractivity contribution in [2.75, 3.05) is 6.61 Å². The van der Waals surface area contributed by atoms with Crippen molar-refractivity contribution < 1.29 is 27.4 Å². The molecule has 88 valence electrons. The summed E-state index contributed by atoms with van der Waals surface area (Å²) in [6, 6.07) is 2.98. The van der Waals surface area contributed by atoms with Gasteiger partial charge in [-0.05, 0) is 19.1 Å². The molecule has 0 heterocycles. The van der Waals surface area contributed by atoms with E-state index in [0.29, 0.717) is 0 Å². The van der Waals surface area contributed by atoms with Gasteiger partial charge in [0.1, 0.15) is 0 Å². The quantitative estimate of drug-likeness (QED) is 0.749. The molecule has 1 aromatic rings. The number of halogens is 3. The first-order chi connectivity index (χ1) is 7.56. The third-order valence-corrected chi connectivity index (χ3v) is 1.62. The number of carbonyl (C=O) groups excluding carboxylic acids is 1. The van der Waals surface area contributed by atoms with Crippen LogP contribution in [-0.4, -0.2) is 18.9 Å². The van der Waals surface area contributed by atoms with Gasteiger partial charge in [0.25, 0.3) is 0 Å². The van der Waals surface area contributed by atoms with Gasteiger partial charge in [0.05, 0.1) is 6.61 Å². The fraction of sp³-hybridized carbons (Fsp3) is 0.300. The molecule has 0 N–H and O–H groups in total. The van der Waals surface area contributed by atoms with Crippen molar-refractivity contribution in [3.63, 3.8) is 0 Å². The summed E-state index contributed by atoms with van der Waals surface area (Å²) >= 11 is 0. The zero-order valence-electron chi connectivity index (χ0n) is 8.38. The van der Waals surface area contributed by atoms with Gasteiger partial charge in [-0.25, -0.2) is 9.18 Å². The van der Waals surface area contributed by atoms with Crippen molar-refractivity contribution >= 4 is 5.97 Å². The molecule has 1 rings (SSSR count). The maximum Gasteiger partial charge on any atom is 0.381 e. The van der Waals surface area contributed by atoms with Crippen molar-refractivity contribution in [2.24, 2.45) is 0 Å². The van der Waals surface area contributed by atoms with Crippen molar-refractivity contribution in [3.05, 3.63) is 29.8 Å². The Morgan fingerprint density at radius 2 is 2.12 bits per heavy atom. The third-order valence-electron chi connectivity index (χ3n) is 1.62. The van der Waals surface area contributed by atoms with E-state index in [2.05, 4.69) is 9.47 Å². The Balaban J connectivity index is 2.73. The van der Waals surface area contributed by atoms with Crippen LogP contribution in [0.5, 0.6) is 5.75 Å². The van der Waals surface area contributed by atoms with Crippen LogP contribution in [0.15, 0.2) is 18.2 Å². The minimum absolute atomic E-state index is 0.0335. The van der Waals surface area contributed by atoms with Gasteiger partial charge in [0.2, 0.25) is 5.82 Å². The summed E-state index contributed by atoms with van der Waals surface area (Å²) in [5, 5.41) is 0. The average Bonchev–Trinajstić information content (AvgIpc) is 2.25. The Labute approximate surface area is 89.8 Å². The normalized spacial score (nSPS) is 12.0. The highest BCUT2D eigenvalue weighted by atomic mass is 19.2. The predicted octanol–water partition coefficient (Wildman–Crippen LogP) is 2.20. The summed E-state index contributed by atoms with van der Waals surface area (Å²) < 4.78 is 47.2. The summed E-state index contributed by atoms with van der Waals surface area (Å²) in [4.78, 5) is 10.8. The zero-order valence-corrected chi connectivity index (χ0v) is 8.38. The molecule has 0 aliphatic heterocycles. The predicted molar refractivity (Wildman–Crippen MR) is 48.5 cm³/mol. The Kier molecular flexibility index (Phi) is 4.16. The second-order valence-corrected chi connectivity index (χ2v) is 2.74. The van der Waals surface area contributed by atoms with E-state index in [1.165, 1.54) is 6.92 Å². The number of benzene rings is 1. The summed E-state index contributed by atoms with van der Waals surface area (Å²) in [6.07, 6.45) is -2.48. The van der Waals surface area contributed by atoms with Gasteiger partial charge in [0, 0.05) is 0 Å². The smallest absolute Gasteiger partial charge is 0.381 e. The van der Waals surface area contributed by atoms with Crippen LogP contribution >= 0.6 is 0 Å². The van der Waals surface area contributed by atoms with Gasteiger partial charge < -0.3 is 9.47 Å². The van der Waals surface area contributed by atoms with E-state index in [1.807, 2.05) is 0 Å². The van der Waals surface area contributed by atoms with E-state index >= 15 is 0 Å². The number of rotatable bonds is 4. The van der Waals surface area contributed by atoms with Gasteiger partial charge in [0.15, 0.2) is 11.6 Å². The van der Waals surface area contributed by atoms with E-state index in [1.54, 1.807) is 0 Å². The maximum atomic E-state index is 13.0. The van der Waals surface area contributed by atoms with Gasteiger partial charge in [-0.2, -0.15) is 8.78 Å². The average molecular weight is 234 g/mol. The number of alkyl halides is 1. The fourth-order valence-corrected chi connectivity index (χ4v) is 0.942. The Hall–Kier alpha value is -1.72. The lowest BCUT2D eigenvalue weighted by Crippen LogP contribution is -2.25. The second-order valence-electron chi connectivity index (χ2n) is 2.74. The molecule has 1 atom stereocenters. The van der Waals surface area contributed by atoms with Crippen molar-refractivity contribution in [1.82, 2.24) is 0 Å². The highest BCUT2D eigenvalue weighted by Gasteiger charge is 2.22. The summed E-state index contributed by atoms with van der Waals surface area (Å²) in [7, 11) is 0. The van der Waals surface area contributed by atoms with Crippen LogP contribution in [0.2, 0.25) is 0 Å². The van der Waals surface area contributed by atoms with Crippen molar-refractivity contribution in [1.29, 1.82) is 0 Å². The number of carbonyl (C=O) groups is 1. The molecule has 16 heavy (non-hydrogen) atoms. The number of hydrogen-bond acceptors (Lipinski definition) is 3. The SMILES string of the molecule is CCOC(=O)C(F)Oc1cccc(F)c1F. The number of ether oxygens (including phenoxy) is 2. The van der Waals surface area contributed by atoms with Crippen LogP contribution < -0.4 is 4.74 Å². The van der Waals surface area contributed by atoms with Crippen LogP contribution in [0.25, 0.3) is 0 Å². The molecule has 0 amide bonds. The van der Waals surface area contributed by atoms with Crippen LogP contribution in [0, 0.1) is 11.6 Å². The lowest BCUT2D eigenvalue weighted by molar-refractivity contribution is -0.160. The molecule has 0 fully saturated rings. The summed E-state index contributed by atoms with van der Waals surface area (Å²) in [6.45, 7) is 1.45. The highest BCUT2D eigenvalue weighted by Crippen LogP contribution is 2.20. The molecule has 0 spiro atoms. The molecule has 6 heteroatoms. The lowest BCUT2D eigenvalue weighted by atomic mass is 10.3. The molecule has 0 aromatic heterocycles. The van der Waals surface area contributed by atoms with E-state index in [9.17, 15) is 18.0 Å². The van der Waals surface area contributed by atoms with Gasteiger partial charge in [-0.3, -0.25) is 0 Å². The first-order valence-electron chi connectivity index (χ1n) is 4.47. The molecule has 0 bridgehead atoms. The topological polar surface area (TPSA) is 35.5 Å². The second kappa shape index (κ2) is 5.39. The van der Waals surface area contributed by atoms with Gasteiger partial charge in [-0.1, -0.05) is 6.07 Å². The van der Waals surface area contributed by atoms with Crippen LogP contribution in [0.3, 0.4) is 0 Å². The maximum absolute atomic E-state index is 13.0. The third kappa shape index (κ3) is 2.88. The van der Waals surface area contributed by atoms with Crippen LogP contribution in [0.4, 0.5) is 13.2 Å². The molecule has 0 saturated heterocycles.